The minimum absolute atomic E-state index is 0.0984. The lowest BCUT2D eigenvalue weighted by atomic mass is 10.2. The Morgan fingerprint density at radius 2 is 1.70 bits per heavy atom. The molecule has 8 nitrogen and oxygen atoms in total. The maximum atomic E-state index is 12.4. The number of aryl methyl sites for hydroxylation is 2. The number of aromatic nitrogens is 2. The second kappa shape index (κ2) is 9.36. The molecule has 0 unspecified atom stereocenters. The first-order valence-electron chi connectivity index (χ1n) is 8.94. The molecule has 3 aromatic rings. The molecule has 0 saturated heterocycles. The summed E-state index contributed by atoms with van der Waals surface area (Å²) in [5, 5.41) is 11.4. The molecule has 9 heteroatoms. The predicted molar refractivity (Wildman–Crippen MR) is 112 cm³/mol. The Balaban J connectivity index is 1.70. The molecular formula is C21H19N3O5S. The average Bonchev–Trinajstić information content (AvgIpc) is 2.72. The minimum atomic E-state index is -0.631. The molecule has 0 aliphatic heterocycles. The highest BCUT2D eigenvalue weighted by molar-refractivity contribution is 7.98. The van der Waals surface area contributed by atoms with Gasteiger partial charge in [-0.05, 0) is 49.7 Å². The average molecular weight is 425 g/mol. The number of ether oxygens (including phenoxy) is 2. The van der Waals surface area contributed by atoms with Gasteiger partial charge in [-0.3, -0.25) is 10.1 Å². The molecule has 0 amide bonds. The molecule has 3 rings (SSSR count). The predicted octanol–water partition coefficient (Wildman–Crippen LogP) is 4.52. The molecule has 0 radical (unpaired) electrons. The molecule has 0 aliphatic carbocycles. The number of hydrogen-bond acceptors (Lipinski definition) is 8. The molecule has 0 spiro atoms. The van der Waals surface area contributed by atoms with E-state index in [1.54, 1.807) is 12.1 Å². The zero-order valence-corrected chi connectivity index (χ0v) is 17.4. The van der Waals surface area contributed by atoms with Crippen LogP contribution < -0.4 is 9.47 Å². The Kier molecular flexibility index (Phi) is 6.63. The fraction of sp³-hybridized carbons (Fsp3) is 0.190. The lowest BCUT2D eigenvalue weighted by molar-refractivity contribution is -0.384. The van der Waals surface area contributed by atoms with Crippen LogP contribution in [0, 0.1) is 24.0 Å². The summed E-state index contributed by atoms with van der Waals surface area (Å²) in [5.41, 5.74) is 2.88. The van der Waals surface area contributed by atoms with Crippen LogP contribution >= 0.6 is 11.8 Å². The summed E-state index contributed by atoms with van der Waals surface area (Å²) in [6, 6.07) is 12.4. The van der Waals surface area contributed by atoms with Gasteiger partial charge in [0.1, 0.15) is 0 Å². The van der Waals surface area contributed by atoms with Crippen molar-refractivity contribution >= 4 is 23.4 Å². The van der Waals surface area contributed by atoms with Crippen LogP contribution in [0.2, 0.25) is 0 Å². The van der Waals surface area contributed by atoms with E-state index in [9.17, 15) is 14.9 Å². The highest BCUT2D eigenvalue weighted by atomic mass is 32.2. The second-order valence-electron chi connectivity index (χ2n) is 6.40. The highest BCUT2D eigenvalue weighted by Gasteiger charge is 2.15. The van der Waals surface area contributed by atoms with Crippen molar-refractivity contribution in [2.45, 2.75) is 24.8 Å². The third-order valence-electron chi connectivity index (χ3n) is 4.07. The SMILES string of the molecule is COc1cc(CSc2nc(C)cc(C)n2)ccc1OC(=O)c1ccc([N+](=O)[O-])cc1. The van der Waals surface area contributed by atoms with Crippen LogP contribution in [0.5, 0.6) is 11.5 Å². The summed E-state index contributed by atoms with van der Waals surface area (Å²) in [5.74, 6) is 0.659. The standard InChI is InChI=1S/C21H19N3O5S/c1-13-10-14(2)23-21(22-13)30-12-15-4-9-18(19(11-15)28-3)29-20(25)16-5-7-17(8-6-16)24(26)27/h4-11H,12H2,1-3H3. The largest absolute Gasteiger partial charge is 0.493 e. The van der Waals surface area contributed by atoms with Gasteiger partial charge >= 0.3 is 5.97 Å². The van der Waals surface area contributed by atoms with Crippen molar-refractivity contribution in [1.82, 2.24) is 9.97 Å². The Hall–Kier alpha value is -3.46. The van der Waals surface area contributed by atoms with Crippen LogP contribution in [0.1, 0.15) is 27.3 Å². The number of rotatable bonds is 7. The van der Waals surface area contributed by atoms with E-state index in [0.29, 0.717) is 16.7 Å². The van der Waals surface area contributed by atoms with Crippen LogP contribution in [-0.2, 0) is 5.75 Å². The third kappa shape index (κ3) is 5.32. The van der Waals surface area contributed by atoms with Crippen molar-refractivity contribution in [3.8, 4) is 11.5 Å². The van der Waals surface area contributed by atoms with E-state index in [1.165, 1.54) is 43.1 Å². The van der Waals surface area contributed by atoms with Crippen molar-refractivity contribution in [2.75, 3.05) is 7.11 Å². The maximum absolute atomic E-state index is 12.4. The summed E-state index contributed by atoms with van der Waals surface area (Å²) in [6.45, 7) is 3.85. The smallest absolute Gasteiger partial charge is 0.343 e. The van der Waals surface area contributed by atoms with Crippen molar-refractivity contribution in [1.29, 1.82) is 0 Å². The van der Waals surface area contributed by atoms with Gasteiger partial charge in [-0.15, -0.1) is 0 Å². The molecule has 0 N–H and O–H groups in total. The van der Waals surface area contributed by atoms with E-state index < -0.39 is 10.9 Å². The number of methoxy groups -OCH3 is 1. The molecule has 30 heavy (non-hydrogen) atoms. The molecule has 1 heterocycles. The lowest BCUT2D eigenvalue weighted by Gasteiger charge is -2.11. The van der Waals surface area contributed by atoms with Gasteiger partial charge in [0.15, 0.2) is 16.7 Å². The Morgan fingerprint density at radius 1 is 1.03 bits per heavy atom. The summed E-state index contributed by atoms with van der Waals surface area (Å²) in [6.07, 6.45) is 0. The third-order valence-corrected chi connectivity index (χ3v) is 4.99. The number of nitro benzene ring substituents is 1. The molecule has 0 saturated carbocycles. The number of nitrogens with zero attached hydrogens (tertiary/aromatic N) is 3. The number of carbonyl (C=O) groups excluding carboxylic acids is 1. The number of esters is 1. The van der Waals surface area contributed by atoms with Gasteiger partial charge in [-0.2, -0.15) is 0 Å². The van der Waals surface area contributed by atoms with Crippen LogP contribution in [0.4, 0.5) is 5.69 Å². The van der Waals surface area contributed by atoms with Crippen molar-refractivity contribution in [3.63, 3.8) is 0 Å². The van der Waals surface area contributed by atoms with Crippen LogP contribution in [-0.4, -0.2) is 28.0 Å². The Morgan fingerprint density at radius 3 is 2.30 bits per heavy atom. The van der Waals surface area contributed by atoms with Crippen LogP contribution in [0.25, 0.3) is 0 Å². The fourth-order valence-corrected chi connectivity index (χ4v) is 3.56. The number of hydrogen-bond donors (Lipinski definition) is 0. The molecule has 1 aromatic heterocycles. The van der Waals surface area contributed by atoms with E-state index in [1.807, 2.05) is 26.0 Å². The van der Waals surface area contributed by atoms with E-state index in [2.05, 4.69) is 9.97 Å². The number of carbonyl (C=O) groups is 1. The first kappa shape index (κ1) is 21.3. The second-order valence-corrected chi connectivity index (χ2v) is 7.34. The molecule has 0 fully saturated rings. The van der Waals surface area contributed by atoms with Crippen LogP contribution in [0.15, 0.2) is 53.7 Å². The number of nitro groups is 1. The number of thioether (sulfide) groups is 1. The summed E-state index contributed by atoms with van der Waals surface area (Å²) in [4.78, 5) is 31.4. The quantitative estimate of drug-likeness (QED) is 0.136. The Bertz CT molecular complexity index is 1070. The van der Waals surface area contributed by atoms with E-state index in [-0.39, 0.29) is 17.0 Å². The van der Waals surface area contributed by atoms with Crippen LogP contribution in [0.3, 0.4) is 0 Å². The highest BCUT2D eigenvalue weighted by Crippen LogP contribution is 2.31. The van der Waals surface area contributed by atoms with E-state index in [4.69, 9.17) is 9.47 Å². The van der Waals surface area contributed by atoms with E-state index >= 15 is 0 Å². The number of non-ortho nitro benzene ring substituents is 1. The zero-order chi connectivity index (χ0) is 21.7. The van der Waals surface area contributed by atoms with Gasteiger partial charge in [-0.1, -0.05) is 17.8 Å². The molecule has 0 atom stereocenters. The summed E-state index contributed by atoms with van der Waals surface area (Å²) >= 11 is 1.50. The van der Waals surface area contributed by atoms with Crippen molar-refractivity contribution in [2.24, 2.45) is 0 Å². The zero-order valence-electron chi connectivity index (χ0n) is 16.6. The Labute approximate surface area is 177 Å². The topological polar surface area (TPSA) is 104 Å². The monoisotopic (exact) mass is 425 g/mol. The molecule has 2 aromatic carbocycles. The van der Waals surface area contributed by atoms with Gasteiger partial charge in [0.05, 0.1) is 17.6 Å². The number of benzene rings is 2. The summed E-state index contributed by atoms with van der Waals surface area (Å²) in [7, 11) is 1.49. The van der Waals surface area contributed by atoms with E-state index in [0.717, 1.165) is 17.0 Å². The van der Waals surface area contributed by atoms with Crippen molar-refractivity contribution in [3.05, 3.63) is 81.2 Å². The maximum Gasteiger partial charge on any atom is 0.343 e. The fourth-order valence-electron chi connectivity index (χ4n) is 2.67. The molecular weight excluding hydrogens is 406 g/mol. The van der Waals surface area contributed by atoms with Gasteiger partial charge in [0.25, 0.3) is 5.69 Å². The lowest BCUT2D eigenvalue weighted by Crippen LogP contribution is -2.09. The van der Waals surface area contributed by atoms with Gasteiger partial charge in [0.2, 0.25) is 0 Å². The van der Waals surface area contributed by atoms with Gasteiger partial charge < -0.3 is 9.47 Å². The summed E-state index contributed by atoms with van der Waals surface area (Å²) < 4.78 is 10.8. The molecule has 0 aliphatic rings. The van der Waals surface area contributed by atoms with Crippen molar-refractivity contribution < 1.29 is 19.2 Å². The molecule has 0 bridgehead atoms. The normalized spacial score (nSPS) is 10.5. The first-order chi connectivity index (χ1) is 14.4. The molecule has 154 valence electrons. The first-order valence-corrected chi connectivity index (χ1v) is 9.93. The van der Waals surface area contributed by atoms with Gasteiger partial charge in [-0.25, -0.2) is 14.8 Å². The minimum Gasteiger partial charge on any atom is -0.493 e. The van der Waals surface area contributed by atoms with Gasteiger partial charge in [0, 0.05) is 29.3 Å².